The number of amides is 2. The number of anilines is 2. The first kappa shape index (κ1) is 21.8. The van der Waals surface area contributed by atoms with E-state index in [-0.39, 0.29) is 11.8 Å². The van der Waals surface area contributed by atoms with Crippen molar-refractivity contribution in [2.24, 2.45) is 0 Å². The molecule has 170 valence electrons. The molecule has 0 aliphatic carbocycles. The average molecular weight is 461 g/mol. The van der Waals surface area contributed by atoms with Crippen molar-refractivity contribution in [3.05, 3.63) is 64.0 Å². The van der Waals surface area contributed by atoms with Crippen molar-refractivity contribution in [3.63, 3.8) is 0 Å². The van der Waals surface area contributed by atoms with Crippen LogP contribution in [0.3, 0.4) is 0 Å². The second kappa shape index (κ2) is 9.08. The van der Waals surface area contributed by atoms with Crippen LogP contribution in [0.1, 0.15) is 39.2 Å². The van der Waals surface area contributed by atoms with Gasteiger partial charge in [-0.2, -0.15) is 0 Å². The predicted molar refractivity (Wildman–Crippen MR) is 133 cm³/mol. The highest BCUT2D eigenvalue weighted by Gasteiger charge is 2.27. The molecule has 6 nitrogen and oxygen atoms in total. The second-order valence-electron chi connectivity index (χ2n) is 8.82. The number of fused-ring (bicyclic) bond motifs is 1. The lowest BCUT2D eigenvalue weighted by Gasteiger charge is -2.18. The molecule has 7 heteroatoms. The molecule has 5 rings (SSSR count). The maximum absolute atomic E-state index is 13.1. The predicted octanol–water partition coefficient (Wildman–Crippen LogP) is 4.66. The minimum Gasteiger partial charge on any atom is -0.308 e. The lowest BCUT2D eigenvalue weighted by Crippen LogP contribution is -2.30. The third-order valence-corrected chi connectivity index (χ3v) is 7.36. The Morgan fingerprint density at radius 2 is 1.85 bits per heavy atom. The maximum Gasteiger partial charge on any atom is 0.258 e. The molecule has 2 aliphatic rings. The van der Waals surface area contributed by atoms with Crippen LogP contribution in [0.25, 0.3) is 11.3 Å². The third kappa shape index (κ3) is 4.43. The molecule has 2 aromatic carbocycles. The molecule has 1 aromatic heterocycles. The molecule has 0 spiro atoms. The zero-order chi connectivity index (χ0) is 22.9. The number of hydrogen-bond donors (Lipinski definition) is 1. The molecule has 1 N–H and O–H groups in total. The number of rotatable bonds is 5. The van der Waals surface area contributed by atoms with Crippen LogP contribution in [0.15, 0.2) is 42.5 Å². The Kier molecular flexibility index (Phi) is 6.00. The Bertz CT molecular complexity index is 1210. The fourth-order valence-electron chi connectivity index (χ4n) is 4.74. The first-order chi connectivity index (χ1) is 16.0. The molecular formula is C26H28N4O2S. The van der Waals surface area contributed by atoms with Gasteiger partial charge in [-0.1, -0.05) is 24.3 Å². The summed E-state index contributed by atoms with van der Waals surface area (Å²) in [6, 6.07) is 13.9. The standard InChI is InChI=1S/C26H28N4O2S/c1-17-7-3-4-8-21(17)25(32)30-14-11-19-15-20(9-10-22(19)30)24-18(2)33-26(28-24)27-23(31)16-29-12-5-6-13-29/h3-4,7-10,15H,5-6,11-14,16H2,1-2H3,(H,27,28,31). The van der Waals surface area contributed by atoms with Gasteiger partial charge in [0.2, 0.25) is 5.91 Å². The molecule has 2 amide bonds. The molecule has 0 saturated carbocycles. The number of thiazole rings is 1. The molecule has 33 heavy (non-hydrogen) atoms. The summed E-state index contributed by atoms with van der Waals surface area (Å²) in [5.41, 5.74) is 5.78. The molecule has 1 fully saturated rings. The number of nitrogens with zero attached hydrogens (tertiary/aromatic N) is 3. The van der Waals surface area contributed by atoms with Crippen LogP contribution >= 0.6 is 11.3 Å². The molecule has 0 bridgehead atoms. The summed E-state index contributed by atoms with van der Waals surface area (Å²) >= 11 is 1.51. The van der Waals surface area contributed by atoms with E-state index in [1.807, 2.05) is 55.1 Å². The lowest BCUT2D eigenvalue weighted by molar-refractivity contribution is -0.117. The summed E-state index contributed by atoms with van der Waals surface area (Å²) in [5.74, 6) is 0.0453. The fraction of sp³-hybridized carbons (Fsp3) is 0.346. The molecule has 2 aliphatic heterocycles. The van der Waals surface area contributed by atoms with Gasteiger partial charge in [0, 0.05) is 28.2 Å². The zero-order valence-corrected chi connectivity index (χ0v) is 19.9. The van der Waals surface area contributed by atoms with E-state index in [4.69, 9.17) is 4.98 Å². The smallest absolute Gasteiger partial charge is 0.258 e. The van der Waals surface area contributed by atoms with Gasteiger partial charge in [0.05, 0.1) is 12.2 Å². The zero-order valence-electron chi connectivity index (χ0n) is 19.1. The van der Waals surface area contributed by atoms with Crippen molar-refractivity contribution in [2.45, 2.75) is 33.1 Å². The second-order valence-corrected chi connectivity index (χ2v) is 10.0. The van der Waals surface area contributed by atoms with Crippen LogP contribution in [-0.2, 0) is 11.2 Å². The minimum absolute atomic E-state index is 0.00323. The van der Waals surface area contributed by atoms with E-state index in [0.29, 0.717) is 18.2 Å². The van der Waals surface area contributed by atoms with Crippen LogP contribution in [-0.4, -0.2) is 47.9 Å². The van der Waals surface area contributed by atoms with Gasteiger partial charge in [0.25, 0.3) is 5.91 Å². The normalized spacial score (nSPS) is 15.6. The first-order valence-electron chi connectivity index (χ1n) is 11.5. The SMILES string of the molecule is Cc1ccccc1C(=O)N1CCc2cc(-c3nc(NC(=O)CN4CCCC4)sc3C)ccc21. The number of benzene rings is 2. The fourth-order valence-corrected chi connectivity index (χ4v) is 5.59. The summed E-state index contributed by atoms with van der Waals surface area (Å²) in [5, 5.41) is 3.61. The van der Waals surface area contributed by atoms with Crippen molar-refractivity contribution in [1.29, 1.82) is 0 Å². The highest BCUT2D eigenvalue weighted by Crippen LogP contribution is 2.36. The Hall–Kier alpha value is -3.03. The van der Waals surface area contributed by atoms with E-state index in [1.54, 1.807) is 0 Å². The van der Waals surface area contributed by atoms with Gasteiger partial charge in [0.1, 0.15) is 0 Å². The highest BCUT2D eigenvalue weighted by molar-refractivity contribution is 7.16. The Labute approximate surface area is 198 Å². The molecule has 3 aromatic rings. The average Bonchev–Trinajstić information content (AvgIpc) is 3.53. The Morgan fingerprint density at radius 3 is 2.64 bits per heavy atom. The summed E-state index contributed by atoms with van der Waals surface area (Å²) in [6.07, 6.45) is 3.16. The van der Waals surface area contributed by atoms with Crippen molar-refractivity contribution in [2.75, 3.05) is 36.4 Å². The molecule has 0 atom stereocenters. The van der Waals surface area contributed by atoms with Crippen LogP contribution in [0.4, 0.5) is 10.8 Å². The van der Waals surface area contributed by atoms with Gasteiger partial charge in [-0.05, 0) is 75.5 Å². The maximum atomic E-state index is 13.1. The van der Waals surface area contributed by atoms with Crippen LogP contribution in [0, 0.1) is 13.8 Å². The minimum atomic E-state index is -0.00323. The topological polar surface area (TPSA) is 65.5 Å². The third-order valence-electron chi connectivity index (χ3n) is 6.48. The number of nitrogens with one attached hydrogen (secondary N) is 1. The quantitative estimate of drug-likeness (QED) is 0.601. The number of aromatic nitrogens is 1. The number of aryl methyl sites for hydroxylation is 2. The van der Waals surface area contributed by atoms with Crippen molar-refractivity contribution < 1.29 is 9.59 Å². The van der Waals surface area contributed by atoms with Gasteiger partial charge in [-0.15, -0.1) is 11.3 Å². The summed E-state index contributed by atoms with van der Waals surface area (Å²) in [6.45, 7) is 7.10. The molecule has 0 unspecified atom stereocenters. The van der Waals surface area contributed by atoms with Gasteiger partial charge in [-0.25, -0.2) is 4.98 Å². The van der Waals surface area contributed by atoms with Crippen LogP contribution in [0.2, 0.25) is 0 Å². The largest absolute Gasteiger partial charge is 0.308 e. The molecule has 3 heterocycles. The number of likely N-dealkylation sites (tertiary alicyclic amines) is 1. The number of carbonyl (C=O) groups is 2. The highest BCUT2D eigenvalue weighted by atomic mass is 32.1. The molecular weight excluding hydrogens is 432 g/mol. The summed E-state index contributed by atoms with van der Waals surface area (Å²) in [7, 11) is 0. The van der Waals surface area contributed by atoms with Crippen LogP contribution in [0.5, 0.6) is 0 Å². The van der Waals surface area contributed by atoms with Gasteiger partial charge < -0.3 is 10.2 Å². The van der Waals surface area contributed by atoms with E-state index in [1.165, 1.54) is 24.2 Å². The van der Waals surface area contributed by atoms with E-state index in [0.717, 1.165) is 58.0 Å². The van der Waals surface area contributed by atoms with Gasteiger partial charge in [-0.3, -0.25) is 14.5 Å². The van der Waals surface area contributed by atoms with E-state index >= 15 is 0 Å². The van der Waals surface area contributed by atoms with Gasteiger partial charge in [0.15, 0.2) is 5.13 Å². The van der Waals surface area contributed by atoms with Crippen molar-refractivity contribution >= 4 is 34.0 Å². The van der Waals surface area contributed by atoms with Crippen molar-refractivity contribution in [3.8, 4) is 11.3 Å². The Balaban J connectivity index is 1.33. The van der Waals surface area contributed by atoms with E-state index < -0.39 is 0 Å². The lowest BCUT2D eigenvalue weighted by atomic mass is 10.0. The molecule has 0 radical (unpaired) electrons. The van der Waals surface area contributed by atoms with E-state index in [2.05, 4.69) is 16.3 Å². The number of carbonyl (C=O) groups excluding carboxylic acids is 2. The van der Waals surface area contributed by atoms with E-state index in [9.17, 15) is 9.59 Å². The first-order valence-corrected chi connectivity index (χ1v) is 12.3. The summed E-state index contributed by atoms with van der Waals surface area (Å²) in [4.78, 5) is 35.4. The van der Waals surface area contributed by atoms with Crippen LogP contribution < -0.4 is 10.2 Å². The number of hydrogen-bond acceptors (Lipinski definition) is 5. The molecule has 1 saturated heterocycles. The monoisotopic (exact) mass is 460 g/mol. The Morgan fingerprint density at radius 1 is 1.06 bits per heavy atom. The summed E-state index contributed by atoms with van der Waals surface area (Å²) < 4.78 is 0. The van der Waals surface area contributed by atoms with Crippen molar-refractivity contribution in [1.82, 2.24) is 9.88 Å². The van der Waals surface area contributed by atoms with Gasteiger partial charge >= 0.3 is 0 Å².